The molecule has 0 atom stereocenters. The normalized spacial score (nSPS) is 14.3. The number of aromatic nitrogens is 2. The number of hydrogen-bond acceptors (Lipinski definition) is 2. The van der Waals surface area contributed by atoms with Gasteiger partial charge in [0.15, 0.2) is 5.78 Å². The Kier molecular flexibility index (Phi) is 2.74. The maximum Gasteiger partial charge on any atom is 0.161 e. The van der Waals surface area contributed by atoms with Crippen LogP contribution in [0.4, 0.5) is 0 Å². The Labute approximate surface area is 106 Å². The molecule has 0 aliphatic heterocycles. The summed E-state index contributed by atoms with van der Waals surface area (Å²) in [6.45, 7) is 1.61. The molecule has 0 N–H and O–H groups in total. The van der Waals surface area contributed by atoms with Gasteiger partial charge in [0.2, 0.25) is 0 Å². The monoisotopic (exact) mass is 240 g/mol. The molecule has 1 aliphatic rings. The van der Waals surface area contributed by atoms with Crippen molar-refractivity contribution in [2.24, 2.45) is 0 Å². The Morgan fingerprint density at radius 2 is 2.00 bits per heavy atom. The molecule has 0 saturated carbocycles. The van der Waals surface area contributed by atoms with Crippen molar-refractivity contribution in [3.63, 3.8) is 0 Å². The summed E-state index contributed by atoms with van der Waals surface area (Å²) in [5.41, 5.74) is 4.19. The molecule has 0 fully saturated rings. The van der Waals surface area contributed by atoms with Gasteiger partial charge < -0.3 is 4.57 Å². The highest BCUT2D eigenvalue weighted by atomic mass is 16.1. The van der Waals surface area contributed by atoms with E-state index in [0.29, 0.717) is 0 Å². The van der Waals surface area contributed by atoms with Crippen LogP contribution >= 0.6 is 0 Å². The zero-order valence-corrected chi connectivity index (χ0v) is 10.5. The van der Waals surface area contributed by atoms with Crippen molar-refractivity contribution >= 4 is 5.78 Å². The van der Waals surface area contributed by atoms with Crippen molar-refractivity contribution in [2.75, 3.05) is 0 Å². The van der Waals surface area contributed by atoms with Gasteiger partial charge in [0, 0.05) is 11.3 Å². The molecule has 3 heteroatoms. The molecule has 3 nitrogen and oxygen atoms in total. The fourth-order valence-corrected chi connectivity index (χ4v) is 2.66. The number of rotatable bonds is 2. The fourth-order valence-electron chi connectivity index (χ4n) is 2.66. The molecule has 92 valence electrons. The van der Waals surface area contributed by atoms with E-state index in [2.05, 4.69) is 9.55 Å². The predicted molar refractivity (Wildman–Crippen MR) is 70.2 cm³/mol. The Hall–Kier alpha value is -1.90. The number of para-hydroxylation sites is 1. The first-order chi connectivity index (χ1) is 8.77. The van der Waals surface area contributed by atoms with Crippen LogP contribution in [0.1, 0.15) is 41.5 Å². The van der Waals surface area contributed by atoms with E-state index in [1.165, 1.54) is 24.2 Å². The zero-order valence-electron chi connectivity index (χ0n) is 10.5. The first-order valence-corrected chi connectivity index (χ1v) is 6.43. The van der Waals surface area contributed by atoms with Gasteiger partial charge >= 0.3 is 0 Å². The van der Waals surface area contributed by atoms with Crippen LogP contribution in [0.25, 0.3) is 5.69 Å². The van der Waals surface area contributed by atoms with Crippen LogP contribution in [0, 0.1) is 0 Å². The summed E-state index contributed by atoms with van der Waals surface area (Å²) in [5, 5.41) is 0. The first-order valence-electron chi connectivity index (χ1n) is 6.43. The van der Waals surface area contributed by atoms with E-state index in [0.717, 1.165) is 24.1 Å². The largest absolute Gasteiger partial charge is 0.302 e. The number of nitrogens with zero attached hydrogens (tertiary/aromatic N) is 2. The van der Waals surface area contributed by atoms with Crippen molar-refractivity contribution < 1.29 is 4.79 Å². The average Bonchev–Trinajstić information content (AvgIpc) is 2.82. The second-order valence-electron chi connectivity index (χ2n) is 4.79. The van der Waals surface area contributed by atoms with Crippen LogP contribution in [0.3, 0.4) is 0 Å². The summed E-state index contributed by atoms with van der Waals surface area (Å²) < 4.78 is 2.09. The number of imidazole rings is 1. The van der Waals surface area contributed by atoms with Gasteiger partial charge in [-0.1, -0.05) is 12.1 Å². The number of benzene rings is 1. The molecule has 3 rings (SSSR count). The molecule has 0 bridgehead atoms. The average molecular weight is 240 g/mol. The summed E-state index contributed by atoms with van der Waals surface area (Å²) in [6, 6.07) is 7.75. The number of carbonyl (C=O) groups excluding carboxylic acids is 1. The Bertz CT molecular complexity index is 598. The number of ketones is 1. The van der Waals surface area contributed by atoms with Gasteiger partial charge in [-0.15, -0.1) is 0 Å². The summed E-state index contributed by atoms with van der Waals surface area (Å²) in [7, 11) is 0. The molecule has 0 amide bonds. The Morgan fingerprint density at radius 1 is 1.22 bits per heavy atom. The van der Waals surface area contributed by atoms with Crippen molar-refractivity contribution in [2.45, 2.75) is 32.6 Å². The highest BCUT2D eigenvalue weighted by Crippen LogP contribution is 2.24. The molecule has 0 saturated heterocycles. The van der Waals surface area contributed by atoms with Gasteiger partial charge in [-0.25, -0.2) is 4.98 Å². The summed E-state index contributed by atoms with van der Waals surface area (Å²) in [6.07, 6.45) is 6.41. The van der Waals surface area contributed by atoms with Crippen molar-refractivity contribution in [3.8, 4) is 5.69 Å². The highest BCUT2D eigenvalue weighted by molar-refractivity contribution is 5.97. The standard InChI is InChI=1S/C15H16N2O/c1-11(18)12-6-2-4-8-14(12)17-10-16-13-7-3-5-9-15(13)17/h2,4,6,8,10H,3,5,7,9H2,1H3. The van der Waals surface area contributed by atoms with Crippen LogP contribution in [0.15, 0.2) is 30.6 Å². The lowest BCUT2D eigenvalue weighted by Crippen LogP contribution is -2.09. The van der Waals surface area contributed by atoms with Crippen molar-refractivity contribution in [1.29, 1.82) is 0 Å². The molecule has 1 heterocycles. The van der Waals surface area contributed by atoms with Gasteiger partial charge in [-0.2, -0.15) is 0 Å². The van der Waals surface area contributed by atoms with Gasteiger partial charge in [-0.3, -0.25) is 4.79 Å². The molecular weight excluding hydrogens is 224 g/mol. The van der Waals surface area contributed by atoms with E-state index in [4.69, 9.17) is 0 Å². The van der Waals surface area contributed by atoms with Crippen LogP contribution in [0.5, 0.6) is 0 Å². The molecule has 0 spiro atoms. The van der Waals surface area contributed by atoms with Gasteiger partial charge in [0.25, 0.3) is 0 Å². The SMILES string of the molecule is CC(=O)c1ccccc1-n1cnc2c1CCCC2. The highest BCUT2D eigenvalue weighted by Gasteiger charge is 2.18. The molecule has 2 aromatic rings. The summed E-state index contributed by atoms with van der Waals surface area (Å²) >= 11 is 0. The van der Waals surface area contributed by atoms with Crippen LogP contribution in [0.2, 0.25) is 0 Å². The van der Waals surface area contributed by atoms with Crippen molar-refractivity contribution in [3.05, 3.63) is 47.5 Å². The van der Waals surface area contributed by atoms with E-state index in [1.54, 1.807) is 6.92 Å². The molecule has 18 heavy (non-hydrogen) atoms. The third kappa shape index (κ3) is 1.76. The molecule has 1 aromatic carbocycles. The molecule has 0 radical (unpaired) electrons. The van der Waals surface area contributed by atoms with Crippen LogP contribution in [-0.2, 0) is 12.8 Å². The maximum atomic E-state index is 11.7. The predicted octanol–water partition coefficient (Wildman–Crippen LogP) is 2.95. The first kappa shape index (κ1) is 11.2. The molecule has 1 aromatic heterocycles. The number of carbonyl (C=O) groups is 1. The molecular formula is C15H16N2O. The maximum absolute atomic E-state index is 11.7. The lowest BCUT2D eigenvalue weighted by molar-refractivity contribution is 0.101. The molecule has 1 aliphatic carbocycles. The lowest BCUT2D eigenvalue weighted by atomic mass is 10.0. The minimum Gasteiger partial charge on any atom is -0.302 e. The second kappa shape index (κ2) is 4.41. The van der Waals surface area contributed by atoms with E-state index in [9.17, 15) is 4.79 Å². The van der Waals surface area contributed by atoms with Crippen molar-refractivity contribution in [1.82, 2.24) is 9.55 Å². The topological polar surface area (TPSA) is 34.9 Å². The Morgan fingerprint density at radius 3 is 2.83 bits per heavy atom. The van der Waals surface area contributed by atoms with E-state index < -0.39 is 0 Å². The minimum atomic E-state index is 0.101. The Balaban J connectivity index is 2.15. The number of aryl methyl sites for hydroxylation is 1. The lowest BCUT2D eigenvalue weighted by Gasteiger charge is -2.15. The number of fused-ring (bicyclic) bond motifs is 1. The second-order valence-corrected chi connectivity index (χ2v) is 4.79. The minimum absolute atomic E-state index is 0.101. The number of hydrogen-bond donors (Lipinski definition) is 0. The van der Waals surface area contributed by atoms with Crippen LogP contribution in [-0.4, -0.2) is 15.3 Å². The summed E-state index contributed by atoms with van der Waals surface area (Å²) in [5.74, 6) is 0.101. The van der Waals surface area contributed by atoms with Gasteiger partial charge in [0.1, 0.15) is 0 Å². The van der Waals surface area contributed by atoms with E-state index in [1.807, 2.05) is 30.6 Å². The summed E-state index contributed by atoms with van der Waals surface area (Å²) in [4.78, 5) is 16.2. The quantitative estimate of drug-likeness (QED) is 0.756. The smallest absolute Gasteiger partial charge is 0.161 e. The zero-order chi connectivity index (χ0) is 12.5. The van der Waals surface area contributed by atoms with E-state index in [-0.39, 0.29) is 5.78 Å². The molecule has 0 unspecified atom stereocenters. The van der Waals surface area contributed by atoms with Crippen LogP contribution < -0.4 is 0 Å². The third-order valence-electron chi connectivity index (χ3n) is 3.57. The number of Topliss-reactive ketones (excluding diaryl/α,β-unsaturated/α-hetero) is 1. The fraction of sp³-hybridized carbons (Fsp3) is 0.333. The van der Waals surface area contributed by atoms with Gasteiger partial charge in [-0.05, 0) is 44.7 Å². The van der Waals surface area contributed by atoms with Gasteiger partial charge in [0.05, 0.1) is 17.7 Å². The third-order valence-corrected chi connectivity index (χ3v) is 3.57. The van der Waals surface area contributed by atoms with E-state index >= 15 is 0 Å².